The molecule has 0 amide bonds. The van der Waals surface area contributed by atoms with Crippen LogP contribution in [-0.4, -0.2) is 5.78 Å². The van der Waals surface area contributed by atoms with Gasteiger partial charge in [-0.05, 0) is 44.9 Å². The number of rotatable bonds is 2. The molecule has 0 aliphatic rings. The smallest absolute Gasteiger partial charge is 0.199 e. The van der Waals surface area contributed by atoms with Gasteiger partial charge in [-0.2, -0.15) is 0 Å². The van der Waals surface area contributed by atoms with E-state index in [4.69, 9.17) is 0 Å². The van der Waals surface area contributed by atoms with Crippen LogP contribution in [0.1, 0.15) is 15.9 Å². The van der Waals surface area contributed by atoms with Crippen LogP contribution in [0.25, 0.3) is 10.8 Å². The molecule has 0 aliphatic carbocycles. The topological polar surface area (TPSA) is 17.1 Å². The summed E-state index contributed by atoms with van der Waals surface area (Å²) >= 11 is 2.97. The van der Waals surface area contributed by atoms with E-state index in [1.165, 1.54) is 6.07 Å². The maximum Gasteiger partial charge on any atom is 0.199 e. The lowest BCUT2D eigenvalue weighted by Crippen LogP contribution is -2.08. The van der Waals surface area contributed by atoms with Crippen molar-refractivity contribution in [1.82, 2.24) is 0 Å². The molecule has 0 saturated heterocycles. The van der Waals surface area contributed by atoms with Crippen molar-refractivity contribution >= 4 is 32.5 Å². The Kier molecular flexibility index (Phi) is 3.55. The minimum atomic E-state index is -0.881. The molecule has 1 nitrogen and oxygen atoms in total. The van der Waals surface area contributed by atoms with Crippen LogP contribution in [0.4, 0.5) is 8.78 Å². The molecule has 0 bridgehead atoms. The summed E-state index contributed by atoms with van der Waals surface area (Å²) in [6, 6.07) is 14.8. The first-order chi connectivity index (χ1) is 10.1. The third-order valence-electron chi connectivity index (χ3n) is 3.28. The Morgan fingerprint density at radius 1 is 0.905 bits per heavy atom. The van der Waals surface area contributed by atoms with Gasteiger partial charge in [0.05, 0.1) is 10.0 Å². The molecular formula is C17H9BrF2O. The normalized spacial score (nSPS) is 10.8. The van der Waals surface area contributed by atoms with Crippen molar-refractivity contribution < 1.29 is 13.6 Å². The molecule has 0 aromatic heterocycles. The lowest BCUT2D eigenvalue weighted by molar-refractivity contribution is 0.103. The molecule has 0 saturated carbocycles. The summed E-state index contributed by atoms with van der Waals surface area (Å²) in [5.74, 6) is -2.42. The zero-order valence-corrected chi connectivity index (χ0v) is 12.3. The zero-order valence-electron chi connectivity index (χ0n) is 10.7. The van der Waals surface area contributed by atoms with Crippen LogP contribution in [0.3, 0.4) is 0 Å². The maximum atomic E-state index is 14.0. The highest BCUT2D eigenvalue weighted by atomic mass is 79.9. The first kappa shape index (κ1) is 13.9. The van der Waals surface area contributed by atoms with E-state index in [2.05, 4.69) is 15.9 Å². The number of fused-ring (bicyclic) bond motifs is 1. The van der Waals surface area contributed by atoms with Gasteiger partial charge >= 0.3 is 0 Å². The monoisotopic (exact) mass is 346 g/mol. The highest BCUT2D eigenvalue weighted by molar-refractivity contribution is 9.10. The van der Waals surface area contributed by atoms with Gasteiger partial charge in [-0.25, -0.2) is 8.78 Å². The predicted octanol–water partition coefficient (Wildman–Crippen LogP) is 5.11. The van der Waals surface area contributed by atoms with Crippen LogP contribution in [0.2, 0.25) is 0 Å². The van der Waals surface area contributed by atoms with Crippen LogP contribution < -0.4 is 0 Å². The minimum Gasteiger partial charge on any atom is -0.288 e. The van der Waals surface area contributed by atoms with Gasteiger partial charge in [0.25, 0.3) is 0 Å². The molecule has 0 unspecified atom stereocenters. The number of carbonyl (C=O) groups excluding carboxylic acids is 1. The van der Waals surface area contributed by atoms with Gasteiger partial charge in [0.2, 0.25) is 0 Å². The molecule has 3 aromatic rings. The van der Waals surface area contributed by atoms with E-state index < -0.39 is 23.0 Å². The van der Waals surface area contributed by atoms with Gasteiger partial charge in [0.15, 0.2) is 11.6 Å². The van der Waals surface area contributed by atoms with Crippen LogP contribution >= 0.6 is 15.9 Å². The fourth-order valence-corrected chi connectivity index (χ4v) is 2.54. The van der Waals surface area contributed by atoms with E-state index in [0.29, 0.717) is 0 Å². The van der Waals surface area contributed by atoms with Gasteiger partial charge in [-0.1, -0.05) is 36.4 Å². The lowest BCUT2D eigenvalue weighted by Gasteiger charge is -2.07. The van der Waals surface area contributed by atoms with Crippen LogP contribution in [-0.2, 0) is 0 Å². The predicted molar refractivity (Wildman–Crippen MR) is 81.4 cm³/mol. The Morgan fingerprint density at radius 2 is 1.62 bits per heavy atom. The summed E-state index contributed by atoms with van der Waals surface area (Å²) in [6.07, 6.45) is 0. The first-order valence-electron chi connectivity index (χ1n) is 6.25. The molecular weight excluding hydrogens is 338 g/mol. The Morgan fingerprint density at radius 3 is 2.38 bits per heavy atom. The maximum absolute atomic E-state index is 14.0. The van der Waals surface area contributed by atoms with Crippen LogP contribution in [0.5, 0.6) is 0 Å². The lowest BCUT2D eigenvalue weighted by atomic mass is 9.99. The molecule has 0 N–H and O–H groups in total. The van der Waals surface area contributed by atoms with E-state index in [1.54, 1.807) is 18.2 Å². The van der Waals surface area contributed by atoms with Crippen molar-refractivity contribution in [1.29, 1.82) is 0 Å². The highest BCUT2D eigenvalue weighted by Gasteiger charge is 2.21. The van der Waals surface area contributed by atoms with E-state index in [0.717, 1.165) is 16.8 Å². The second-order valence-corrected chi connectivity index (χ2v) is 5.46. The SMILES string of the molecule is O=C(c1ccc2ccccc2c1)c1c(F)ccc(Br)c1F. The number of benzene rings is 3. The summed E-state index contributed by atoms with van der Waals surface area (Å²) in [4.78, 5) is 12.4. The van der Waals surface area contributed by atoms with Crippen molar-refractivity contribution in [2.45, 2.75) is 0 Å². The Balaban J connectivity index is 2.15. The van der Waals surface area contributed by atoms with Crippen molar-refractivity contribution in [2.75, 3.05) is 0 Å². The van der Waals surface area contributed by atoms with Crippen LogP contribution in [0, 0.1) is 11.6 Å². The van der Waals surface area contributed by atoms with Crippen molar-refractivity contribution in [3.8, 4) is 0 Å². The minimum absolute atomic E-state index is 0.0630. The number of carbonyl (C=O) groups is 1. The number of hydrogen-bond acceptors (Lipinski definition) is 1. The molecule has 21 heavy (non-hydrogen) atoms. The summed E-state index contributed by atoms with van der Waals surface area (Å²) in [5, 5.41) is 1.81. The molecule has 3 aromatic carbocycles. The molecule has 3 rings (SSSR count). The van der Waals surface area contributed by atoms with Gasteiger partial charge in [-0.3, -0.25) is 4.79 Å². The highest BCUT2D eigenvalue weighted by Crippen LogP contribution is 2.25. The largest absolute Gasteiger partial charge is 0.288 e. The number of hydrogen-bond donors (Lipinski definition) is 0. The van der Waals surface area contributed by atoms with Gasteiger partial charge in [0.1, 0.15) is 5.82 Å². The summed E-state index contributed by atoms with van der Waals surface area (Å²) in [6.45, 7) is 0. The Hall–Kier alpha value is -2.07. The molecule has 0 aliphatic heterocycles. The summed E-state index contributed by atoms with van der Waals surface area (Å²) in [7, 11) is 0. The fraction of sp³-hybridized carbons (Fsp3) is 0. The van der Waals surface area contributed by atoms with Gasteiger partial charge in [0, 0.05) is 5.56 Å². The average molecular weight is 347 g/mol. The second-order valence-electron chi connectivity index (χ2n) is 4.61. The molecule has 4 heteroatoms. The fourth-order valence-electron chi connectivity index (χ4n) is 2.21. The van der Waals surface area contributed by atoms with Crippen LogP contribution in [0.15, 0.2) is 59.1 Å². The second kappa shape index (κ2) is 5.37. The molecule has 0 atom stereocenters. The van der Waals surface area contributed by atoms with Crippen molar-refractivity contribution in [3.63, 3.8) is 0 Å². The zero-order chi connectivity index (χ0) is 15.0. The van der Waals surface area contributed by atoms with Gasteiger partial charge in [-0.15, -0.1) is 0 Å². The third-order valence-corrected chi connectivity index (χ3v) is 3.90. The average Bonchev–Trinajstić information content (AvgIpc) is 2.51. The van der Waals surface area contributed by atoms with E-state index >= 15 is 0 Å². The Labute approximate surface area is 128 Å². The van der Waals surface area contributed by atoms with E-state index in [-0.39, 0.29) is 10.0 Å². The van der Waals surface area contributed by atoms with Gasteiger partial charge < -0.3 is 0 Å². The summed E-state index contributed by atoms with van der Waals surface area (Å²) in [5.41, 5.74) is -0.288. The van der Waals surface area contributed by atoms with Crippen molar-refractivity contribution in [2.24, 2.45) is 0 Å². The van der Waals surface area contributed by atoms with Crippen molar-refractivity contribution in [3.05, 3.63) is 81.8 Å². The molecule has 0 spiro atoms. The molecule has 0 heterocycles. The van der Waals surface area contributed by atoms with E-state index in [9.17, 15) is 13.6 Å². The molecule has 0 fully saturated rings. The number of halogens is 3. The standard InChI is InChI=1S/C17H9BrF2O/c18-13-7-8-14(19)15(16(13)20)17(21)12-6-5-10-3-1-2-4-11(10)9-12/h1-9H. The molecule has 0 radical (unpaired) electrons. The summed E-state index contributed by atoms with van der Waals surface area (Å²) < 4.78 is 27.9. The van der Waals surface area contributed by atoms with E-state index in [1.807, 2.05) is 24.3 Å². The Bertz CT molecular complexity index is 859. The molecule has 104 valence electrons. The third kappa shape index (κ3) is 2.47. The quantitative estimate of drug-likeness (QED) is 0.465. The number of ketones is 1. The first-order valence-corrected chi connectivity index (χ1v) is 7.04.